The van der Waals surface area contributed by atoms with Crippen LogP contribution < -0.4 is 4.74 Å². The minimum atomic E-state index is -0.855. The van der Waals surface area contributed by atoms with Crippen molar-refractivity contribution in [3.05, 3.63) is 53.6 Å². The van der Waals surface area contributed by atoms with Crippen LogP contribution >= 0.6 is 11.6 Å². The maximum atomic E-state index is 10.5. The van der Waals surface area contributed by atoms with E-state index in [1.54, 1.807) is 36.4 Å². The number of halogens is 1. The number of hydrogen-bond acceptors (Lipinski definition) is 5. The normalized spacial score (nSPS) is 25.7. The van der Waals surface area contributed by atoms with Crippen molar-refractivity contribution in [1.82, 2.24) is 0 Å². The van der Waals surface area contributed by atoms with Crippen molar-refractivity contribution >= 4 is 17.6 Å². The first-order valence-corrected chi connectivity index (χ1v) is 10.2. The first kappa shape index (κ1) is 23.4. The standard InChI is InChI=1S/C22H29ClO6/c23-15-6-5-7-17(12-15)29-14-16(24)10-11-19-18(20(25)13-21(19)26)8-3-1-2-4-9-22(27)28/h1,3,5-7,10-12,16,18-21,24-26H,2,4,8-9,13-14H2,(H,27,28)/b3-1+,11-10+/t16-,18-,19-,20+,21+/m1/s1. The topological polar surface area (TPSA) is 107 Å². The third kappa shape index (κ3) is 8.19. The fourth-order valence-electron chi connectivity index (χ4n) is 3.50. The number of aliphatic hydroxyl groups excluding tert-OH is 3. The molecule has 6 nitrogen and oxygen atoms in total. The minimum Gasteiger partial charge on any atom is -0.491 e. The molecule has 0 unspecified atom stereocenters. The number of carbonyl (C=O) groups is 1. The van der Waals surface area contributed by atoms with Crippen LogP contribution in [-0.2, 0) is 4.79 Å². The molecule has 0 bridgehead atoms. The van der Waals surface area contributed by atoms with E-state index in [-0.39, 0.29) is 24.9 Å². The van der Waals surface area contributed by atoms with E-state index >= 15 is 0 Å². The first-order chi connectivity index (χ1) is 13.9. The maximum Gasteiger partial charge on any atom is 0.303 e. The van der Waals surface area contributed by atoms with Gasteiger partial charge >= 0.3 is 5.97 Å². The van der Waals surface area contributed by atoms with Crippen LogP contribution in [0.25, 0.3) is 0 Å². The third-order valence-electron chi connectivity index (χ3n) is 5.02. The SMILES string of the molecule is O=C(O)CCC/C=C/C[C@@H]1[C@@H](/C=C/[C@@H](O)COc2cccc(Cl)c2)[C@@H](O)C[C@@H]1O. The lowest BCUT2D eigenvalue weighted by Gasteiger charge is -2.19. The Balaban J connectivity index is 1.83. The number of carboxylic acid groups (broad SMARTS) is 1. The molecule has 1 aromatic carbocycles. The lowest BCUT2D eigenvalue weighted by Crippen LogP contribution is -2.21. The minimum absolute atomic E-state index is 0.0519. The fraction of sp³-hybridized carbons (Fsp3) is 0.500. The molecule has 5 atom stereocenters. The number of aliphatic hydroxyl groups is 3. The van der Waals surface area contributed by atoms with Crippen LogP contribution in [0.1, 0.15) is 32.1 Å². The molecule has 1 aromatic rings. The molecule has 0 aliphatic heterocycles. The highest BCUT2D eigenvalue weighted by molar-refractivity contribution is 6.30. The summed E-state index contributed by atoms with van der Waals surface area (Å²) in [7, 11) is 0. The zero-order valence-electron chi connectivity index (χ0n) is 16.2. The summed E-state index contributed by atoms with van der Waals surface area (Å²) in [6.07, 6.45) is 7.26. The van der Waals surface area contributed by atoms with E-state index in [2.05, 4.69) is 0 Å². The van der Waals surface area contributed by atoms with Crippen LogP contribution in [0.2, 0.25) is 5.02 Å². The van der Waals surface area contributed by atoms with Gasteiger partial charge in [-0.25, -0.2) is 0 Å². The molecular formula is C22H29ClO6. The Bertz CT molecular complexity index is 704. The van der Waals surface area contributed by atoms with Gasteiger partial charge in [-0.3, -0.25) is 4.79 Å². The van der Waals surface area contributed by atoms with E-state index in [0.29, 0.717) is 36.5 Å². The van der Waals surface area contributed by atoms with Crippen LogP contribution in [0.5, 0.6) is 5.75 Å². The molecule has 0 radical (unpaired) electrons. The van der Waals surface area contributed by atoms with Gasteiger partial charge in [0, 0.05) is 23.8 Å². The monoisotopic (exact) mass is 424 g/mol. The summed E-state index contributed by atoms with van der Waals surface area (Å²) in [5.74, 6) is -0.671. The quantitative estimate of drug-likeness (QED) is 0.321. The second kappa shape index (κ2) is 12.0. The van der Waals surface area contributed by atoms with Gasteiger partial charge in [0.2, 0.25) is 0 Å². The Morgan fingerprint density at radius 1 is 1.28 bits per heavy atom. The van der Waals surface area contributed by atoms with E-state index in [1.165, 1.54) is 0 Å². The Labute approximate surface area is 176 Å². The van der Waals surface area contributed by atoms with Crippen molar-refractivity contribution in [2.45, 2.75) is 50.4 Å². The molecule has 2 rings (SSSR count). The maximum absolute atomic E-state index is 10.5. The summed E-state index contributed by atoms with van der Waals surface area (Å²) < 4.78 is 5.51. The zero-order valence-corrected chi connectivity index (χ0v) is 17.0. The zero-order chi connectivity index (χ0) is 21.2. The number of unbranched alkanes of at least 4 members (excludes halogenated alkanes) is 1. The Morgan fingerprint density at radius 3 is 2.79 bits per heavy atom. The van der Waals surface area contributed by atoms with Crippen molar-refractivity contribution < 1.29 is 30.0 Å². The highest BCUT2D eigenvalue weighted by Gasteiger charge is 2.39. The fourth-order valence-corrected chi connectivity index (χ4v) is 3.68. The van der Waals surface area contributed by atoms with E-state index in [9.17, 15) is 20.1 Å². The highest BCUT2D eigenvalue weighted by Crippen LogP contribution is 2.36. The third-order valence-corrected chi connectivity index (χ3v) is 5.26. The van der Waals surface area contributed by atoms with Crippen molar-refractivity contribution in [3.63, 3.8) is 0 Å². The highest BCUT2D eigenvalue weighted by atomic mass is 35.5. The average Bonchev–Trinajstić information content (AvgIpc) is 2.93. The second-order valence-corrected chi connectivity index (χ2v) is 7.76. The van der Waals surface area contributed by atoms with E-state index in [1.807, 2.05) is 12.2 Å². The Hall–Kier alpha value is -1.86. The largest absolute Gasteiger partial charge is 0.491 e. The molecule has 0 heterocycles. The number of aliphatic carboxylic acids is 1. The van der Waals surface area contributed by atoms with Gasteiger partial charge in [0.05, 0.1) is 12.2 Å². The van der Waals surface area contributed by atoms with Gasteiger partial charge in [-0.2, -0.15) is 0 Å². The molecule has 1 aliphatic carbocycles. The van der Waals surface area contributed by atoms with Gasteiger partial charge in [0.25, 0.3) is 0 Å². The molecule has 160 valence electrons. The number of hydrogen-bond donors (Lipinski definition) is 4. The number of ether oxygens (including phenoxy) is 1. The molecule has 1 fully saturated rings. The van der Waals surface area contributed by atoms with Gasteiger partial charge in [0.15, 0.2) is 0 Å². The molecule has 1 saturated carbocycles. The molecule has 0 amide bonds. The van der Waals surface area contributed by atoms with Crippen LogP contribution in [0.15, 0.2) is 48.6 Å². The summed E-state index contributed by atoms with van der Waals surface area (Å²) in [5, 5.41) is 39.8. The summed E-state index contributed by atoms with van der Waals surface area (Å²) >= 11 is 5.90. The second-order valence-electron chi connectivity index (χ2n) is 7.33. The first-order valence-electron chi connectivity index (χ1n) is 9.84. The average molecular weight is 425 g/mol. The lowest BCUT2D eigenvalue weighted by molar-refractivity contribution is -0.137. The number of carboxylic acids is 1. The molecule has 29 heavy (non-hydrogen) atoms. The molecular weight excluding hydrogens is 396 g/mol. The van der Waals surface area contributed by atoms with Gasteiger partial charge in [-0.05, 0) is 43.4 Å². The molecule has 0 spiro atoms. The van der Waals surface area contributed by atoms with Gasteiger partial charge in [0.1, 0.15) is 18.5 Å². The lowest BCUT2D eigenvalue weighted by atomic mass is 9.89. The predicted molar refractivity (Wildman–Crippen MR) is 111 cm³/mol. The van der Waals surface area contributed by atoms with Crippen molar-refractivity contribution in [3.8, 4) is 5.75 Å². The molecule has 0 saturated heterocycles. The molecule has 1 aliphatic rings. The summed E-state index contributed by atoms with van der Waals surface area (Å²) in [6.45, 7) is 0.0519. The summed E-state index contributed by atoms with van der Waals surface area (Å²) in [6, 6.07) is 6.90. The smallest absolute Gasteiger partial charge is 0.303 e. The van der Waals surface area contributed by atoms with Crippen LogP contribution in [0.4, 0.5) is 0 Å². The summed E-state index contributed by atoms with van der Waals surface area (Å²) in [4.78, 5) is 10.5. The molecule has 4 N–H and O–H groups in total. The van der Waals surface area contributed by atoms with E-state index in [0.717, 1.165) is 0 Å². The van der Waals surface area contributed by atoms with Gasteiger partial charge < -0.3 is 25.2 Å². The molecule has 0 aromatic heterocycles. The number of benzene rings is 1. The number of rotatable bonds is 11. The van der Waals surface area contributed by atoms with Crippen molar-refractivity contribution in [1.29, 1.82) is 0 Å². The van der Waals surface area contributed by atoms with Gasteiger partial charge in [-0.15, -0.1) is 0 Å². The number of allylic oxidation sites excluding steroid dienone is 2. The Kier molecular flexibility index (Phi) is 9.67. The molecule has 7 heteroatoms. The van der Waals surface area contributed by atoms with Crippen LogP contribution in [-0.4, -0.2) is 51.3 Å². The summed E-state index contributed by atoms with van der Waals surface area (Å²) in [5.41, 5.74) is 0. The van der Waals surface area contributed by atoms with Crippen LogP contribution in [0.3, 0.4) is 0 Å². The van der Waals surface area contributed by atoms with Crippen molar-refractivity contribution in [2.75, 3.05) is 6.61 Å². The Morgan fingerprint density at radius 2 is 2.07 bits per heavy atom. The predicted octanol–water partition coefficient (Wildman–Crippen LogP) is 3.20. The van der Waals surface area contributed by atoms with Gasteiger partial charge in [-0.1, -0.05) is 42.0 Å². The van der Waals surface area contributed by atoms with E-state index < -0.39 is 24.3 Å². The van der Waals surface area contributed by atoms with Crippen LogP contribution in [0, 0.1) is 11.8 Å². The van der Waals surface area contributed by atoms with Crippen molar-refractivity contribution in [2.24, 2.45) is 11.8 Å². The van der Waals surface area contributed by atoms with E-state index in [4.69, 9.17) is 21.4 Å².